The molecule has 1 aromatic carbocycles. The lowest BCUT2D eigenvalue weighted by atomic mass is 10.2. The summed E-state index contributed by atoms with van der Waals surface area (Å²) in [6.07, 6.45) is 4.47. The van der Waals surface area contributed by atoms with Crippen molar-refractivity contribution in [1.29, 1.82) is 0 Å². The second-order valence-corrected chi connectivity index (χ2v) is 6.97. The van der Waals surface area contributed by atoms with Crippen LogP contribution in [0, 0.1) is 0 Å². The quantitative estimate of drug-likeness (QED) is 0.846. The van der Waals surface area contributed by atoms with Gasteiger partial charge >= 0.3 is 0 Å². The van der Waals surface area contributed by atoms with Gasteiger partial charge in [0.25, 0.3) is 0 Å². The van der Waals surface area contributed by atoms with E-state index in [1.165, 1.54) is 30.8 Å². The fraction of sp³-hybridized carbons (Fsp3) is 0.250. The van der Waals surface area contributed by atoms with Gasteiger partial charge in [-0.25, -0.2) is 13.6 Å². The molecule has 1 rings (SSSR count). The van der Waals surface area contributed by atoms with Crippen LogP contribution in [0.2, 0.25) is 5.02 Å². The van der Waals surface area contributed by atoms with Crippen molar-refractivity contribution in [3.05, 3.63) is 34.9 Å². The molecule has 0 spiro atoms. The first-order chi connectivity index (χ1) is 8.80. The minimum atomic E-state index is -3.79. The maximum Gasteiger partial charge on any atom is 0.239 e. The van der Waals surface area contributed by atoms with Gasteiger partial charge in [-0.2, -0.15) is 0 Å². The number of nitrogens with two attached hydrogens (primary N) is 1. The van der Waals surface area contributed by atoms with Crippen LogP contribution in [-0.4, -0.2) is 19.3 Å². The number of sulfonamides is 1. The van der Waals surface area contributed by atoms with Gasteiger partial charge in [0.2, 0.25) is 10.0 Å². The van der Waals surface area contributed by atoms with Gasteiger partial charge in [-0.15, -0.1) is 0 Å². The van der Waals surface area contributed by atoms with E-state index in [2.05, 4.69) is 0 Å². The molecule has 0 unspecified atom stereocenters. The Hall–Kier alpha value is -0.820. The molecular weight excluding hydrogens is 306 g/mol. The molecule has 4 nitrogen and oxygen atoms in total. The Balaban J connectivity index is 2.69. The lowest BCUT2D eigenvalue weighted by Gasteiger charge is -2.02. The third kappa shape index (κ3) is 5.78. The Labute approximate surface area is 122 Å². The Bertz CT molecular complexity index is 597. The number of hydrogen-bond donors (Lipinski definition) is 1. The summed E-state index contributed by atoms with van der Waals surface area (Å²) in [5.74, 6) is 0.717. The Kier molecular flexibility index (Phi) is 6.06. The zero-order valence-corrected chi connectivity index (χ0v) is 12.7. The number of halogens is 1. The van der Waals surface area contributed by atoms with E-state index in [-0.39, 0.29) is 15.0 Å². The molecule has 0 aliphatic carbocycles. The molecule has 0 radical (unpaired) electrons. The summed E-state index contributed by atoms with van der Waals surface area (Å²) in [5.41, 5.74) is 0.783. The van der Waals surface area contributed by atoms with Crippen molar-refractivity contribution in [2.45, 2.75) is 18.2 Å². The Morgan fingerprint density at radius 2 is 2.16 bits per heavy atom. The fourth-order valence-electron chi connectivity index (χ4n) is 1.34. The van der Waals surface area contributed by atoms with Crippen LogP contribution in [0.1, 0.15) is 18.9 Å². The van der Waals surface area contributed by atoms with Gasteiger partial charge < -0.3 is 0 Å². The van der Waals surface area contributed by atoms with E-state index in [4.69, 9.17) is 16.7 Å². The molecule has 104 valence electrons. The molecule has 2 N–H and O–H groups in total. The minimum Gasteiger partial charge on any atom is -0.288 e. The lowest BCUT2D eigenvalue weighted by molar-refractivity contribution is -0.109. The highest BCUT2D eigenvalue weighted by molar-refractivity contribution is 8.13. The number of primary sulfonamides is 1. The molecule has 0 saturated carbocycles. The predicted molar refractivity (Wildman–Crippen MR) is 79.6 cm³/mol. The lowest BCUT2D eigenvalue weighted by Crippen LogP contribution is -2.12. The van der Waals surface area contributed by atoms with Gasteiger partial charge in [0.15, 0.2) is 5.12 Å². The average molecular weight is 320 g/mol. The third-order valence-corrected chi connectivity index (χ3v) is 4.40. The van der Waals surface area contributed by atoms with E-state index >= 15 is 0 Å². The van der Waals surface area contributed by atoms with E-state index < -0.39 is 10.0 Å². The molecule has 0 fully saturated rings. The first-order valence-electron chi connectivity index (χ1n) is 5.43. The largest absolute Gasteiger partial charge is 0.288 e. The van der Waals surface area contributed by atoms with Gasteiger partial charge in [0, 0.05) is 12.7 Å². The number of carbonyl (C=O) groups excluding carboxylic acids is 1. The summed E-state index contributed by atoms with van der Waals surface area (Å²) in [5, 5.41) is 5.20. The zero-order valence-electron chi connectivity index (χ0n) is 10.3. The smallest absolute Gasteiger partial charge is 0.239 e. The van der Waals surface area contributed by atoms with Crippen molar-refractivity contribution >= 4 is 44.6 Å². The molecular formula is C12H14ClNO3S2. The molecule has 0 saturated heterocycles. The van der Waals surface area contributed by atoms with Crippen LogP contribution in [0.4, 0.5) is 0 Å². The van der Waals surface area contributed by atoms with Gasteiger partial charge in [0.1, 0.15) is 4.90 Å². The molecule has 1 aromatic rings. The number of thioether (sulfide) groups is 1. The van der Waals surface area contributed by atoms with E-state index in [1.807, 2.05) is 12.2 Å². The van der Waals surface area contributed by atoms with Crippen LogP contribution in [0.5, 0.6) is 0 Å². The van der Waals surface area contributed by atoms with E-state index in [1.54, 1.807) is 6.07 Å². The molecule has 0 amide bonds. The normalized spacial score (nSPS) is 11.9. The second-order valence-electron chi connectivity index (χ2n) is 3.77. The molecule has 0 aliphatic heterocycles. The monoisotopic (exact) mass is 319 g/mol. The van der Waals surface area contributed by atoms with E-state index in [9.17, 15) is 13.2 Å². The topological polar surface area (TPSA) is 77.2 Å². The molecule has 0 aliphatic rings. The SMILES string of the molecule is CC(=O)SCCC=Cc1ccc(S(N)(=O)=O)c(Cl)c1. The molecule has 7 heteroatoms. The number of hydrogen-bond acceptors (Lipinski definition) is 4. The first kappa shape index (κ1) is 16.2. The van der Waals surface area contributed by atoms with Crippen LogP contribution in [-0.2, 0) is 14.8 Å². The summed E-state index contributed by atoms with van der Waals surface area (Å²) in [6.45, 7) is 1.53. The van der Waals surface area contributed by atoms with Crippen molar-refractivity contribution < 1.29 is 13.2 Å². The fourth-order valence-corrected chi connectivity index (χ4v) is 2.98. The van der Waals surface area contributed by atoms with Crippen LogP contribution in [0.15, 0.2) is 29.2 Å². The molecule has 0 bridgehead atoms. The van der Waals surface area contributed by atoms with Gasteiger partial charge in [-0.05, 0) is 24.1 Å². The van der Waals surface area contributed by atoms with Crippen LogP contribution in [0.25, 0.3) is 6.08 Å². The molecule has 0 atom stereocenters. The van der Waals surface area contributed by atoms with Gasteiger partial charge in [-0.3, -0.25) is 4.79 Å². The van der Waals surface area contributed by atoms with Crippen molar-refractivity contribution in [3.63, 3.8) is 0 Å². The molecule has 19 heavy (non-hydrogen) atoms. The van der Waals surface area contributed by atoms with Crippen LogP contribution in [0.3, 0.4) is 0 Å². The van der Waals surface area contributed by atoms with Gasteiger partial charge in [0.05, 0.1) is 5.02 Å². The summed E-state index contributed by atoms with van der Waals surface area (Å²) >= 11 is 7.12. The van der Waals surface area contributed by atoms with E-state index in [0.717, 1.165) is 17.7 Å². The molecule has 0 aromatic heterocycles. The Morgan fingerprint density at radius 3 is 2.68 bits per heavy atom. The Morgan fingerprint density at radius 1 is 1.47 bits per heavy atom. The maximum atomic E-state index is 11.2. The van der Waals surface area contributed by atoms with Crippen molar-refractivity contribution in [2.24, 2.45) is 5.14 Å². The van der Waals surface area contributed by atoms with Crippen molar-refractivity contribution in [2.75, 3.05) is 5.75 Å². The van der Waals surface area contributed by atoms with E-state index in [0.29, 0.717) is 0 Å². The number of carbonyl (C=O) groups is 1. The summed E-state index contributed by atoms with van der Waals surface area (Å²) in [6, 6.07) is 4.54. The van der Waals surface area contributed by atoms with Crippen molar-refractivity contribution in [1.82, 2.24) is 0 Å². The van der Waals surface area contributed by atoms with Gasteiger partial charge in [-0.1, -0.05) is 41.6 Å². The predicted octanol–water partition coefficient (Wildman–Crippen LogP) is 2.67. The van der Waals surface area contributed by atoms with Crippen molar-refractivity contribution in [3.8, 4) is 0 Å². The highest BCUT2D eigenvalue weighted by atomic mass is 35.5. The number of allylic oxidation sites excluding steroid dienone is 1. The minimum absolute atomic E-state index is 0.0848. The standard InChI is InChI=1S/C12H14ClNO3S2/c1-9(15)18-7-3-2-4-10-5-6-12(11(13)8-10)19(14,16)17/h2,4-6,8H,3,7H2,1H3,(H2,14,16,17). The summed E-state index contributed by atoms with van der Waals surface area (Å²) in [7, 11) is -3.79. The average Bonchev–Trinajstić information content (AvgIpc) is 2.26. The summed E-state index contributed by atoms with van der Waals surface area (Å²) < 4.78 is 22.3. The summed E-state index contributed by atoms with van der Waals surface area (Å²) in [4.78, 5) is 10.6. The maximum absolute atomic E-state index is 11.2. The number of benzene rings is 1. The third-order valence-electron chi connectivity index (χ3n) is 2.16. The number of rotatable bonds is 5. The highest BCUT2D eigenvalue weighted by Crippen LogP contribution is 2.22. The van der Waals surface area contributed by atoms with Crippen LogP contribution >= 0.6 is 23.4 Å². The highest BCUT2D eigenvalue weighted by Gasteiger charge is 2.12. The van der Waals surface area contributed by atoms with Crippen LogP contribution < -0.4 is 5.14 Å². The first-order valence-corrected chi connectivity index (χ1v) is 8.34. The zero-order chi connectivity index (χ0) is 14.5. The molecule has 0 heterocycles. The second kappa shape index (κ2) is 7.09.